The van der Waals surface area contributed by atoms with Gasteiger partial charge in [-0.3, -0.25) is 24.5 Å². The number of hydrogen-bond acceptors (Lipinski definition) is 8. The number of carboxylic acids is 1. The third kappa shape index (κ3) is 7.58. The number of aryl methyl sites for hydroxylation is 1. The minimum absolute atomic E-state index is 0.0609. The summed E-state index contributed by atoms with van der Waals surface area (Å²) in [5, 5.41) is 12.1. The van der Waals surface area contributed by atoms with E-state index in [4.69, 9.17) is 10.8 Å². The summed E-state index contributed by atoms with van der Waals surface area (Å²) in [4.78, 5) is 60.9. The number of aliphatic carboxylic acids is 1. The van der Waals surface area contributed by atoms with Crippen molar-refractivity contribution in [2.45, 2.75) is 102 Å². The molecule has 0 bridgehead atoms. The number of likely N-dealkylation sites (tertiary alicyclic amines) is 1. The first kappa shape index (κ1) is 29.2. The lowest BCUT2D eigenvalue weighted by atomic mass is 9.90. The summed E-state index contributed by atoms with van der Waals surface area (Å²) in [7, 11) is 0. The molecule has 4 N–H and O–H groups in total. The van der Waals surface area contributed by atoms with E-state index in [0.717, 1.165) is 49.8 Å². The van der Waals surface area contributed by atoms with Crippen molar-refractivity contribution in [2.24, 2.45) is 5.73 Å². The molecular weight excluding hydrogens is 494 g/mol. The lowest BCUT2D eigenvalue weighted by molar-refractivity contribution is -0.148. The van der Waals surface area contributed by atoms with Crippen LogP contribution in [0.3, 0.4) is 0 Å². The molecule has 2 amide bonds. The SMILES string of the molecule is Cc1cnc(C(=O)[C@H](CCCCN)N(C(=O)[C@@H]2CCCN2C(=O)[C@H](C)NCC(=O)O)C2CCCCC2)s1. The van der Waals surface area contributed by atoms with Gasteiger partial charge >= 0.3 is 5.97 Å². The van der Waals surface area contributed by atoms with Crippen LogP contribution >= 0.6 is 11.3 Å². The van der Waals surface area contributed by atoms with Crippen LogP contribution in [-0.2, 0) is 14.4 Å². The van der Waals surface area contributed by atoms with Gasteiger partial charge in [0.15, 0.2) is 5.01 Å². The molecule has 2 heterocycles. The maximum absolute atomic E-state index is 14.3. The van der Waals surface area contributed by atoms with E-state index >= 15 is 0 Å². The normalized spacial score (nSPS) is 20.0. The third-order valence-electron chi connectivity index (χ3n) is 7.38. The number of carbonyl (C=O) groups is 4. The molecule has 3 atom stereocenters. The van der Waals surface area contributed by atoms with Gasteiger partial charge in [0.05, 0.1) is 18.6 Å². The molecule has 10 nitrogen and oxygen atoms in total. The van der Waals surface area contributed by atoms with Gasteiger partial charge in [-0.05, 0) is 65.3 Å². The number of carbonyl (C=O) groups excluding carboxylic acids is 3. The Balaban J connectivity index is 1.90. The van der Waals surface area contributed by atoms with Crippen molar-refractivity contribution < 1.29 is 24.3 Å². The number of thiazole rings is 1. The van der Waals surface area contributed by atoms with Crippen LogP contribution in [0, 0.1) is 6.92 Å². The number of rotatable bonds is 13. The van der Waals surface area contributed by atoms with Crippen LogP contribution < -0.4 is 11.1 Å². The molecular formula is C26H41N5O5S. The van der Waals surface area contributed by atoms with Crippen molar-refractivity contribution in [1.82, 2.24) is 20.1 Å². The van der Waals surface area contributed by atoms with Crippen molar-refractivity contribution >= 4 is 34.9 Å². The maximum Gasteiger partial charge on any atom is 0.317 e. The zero-order valence-electron chi connectivity index (χ0n) is 22.0. The van der Waals surface area contributed by atoms with Crippen LogP contribution in [0.15, 0.2) is 6.20 Å². The largest absolute Gasteiger partial charge is 0.480 e. The van der Waals surface area contributed by atoms with Crippen molar-refractivity contribution in [3.05, 3.63) is 16.1 Å². The Morgan fingerprint density at radius 2 is 1.92 bits per heavy atom. The van der Waals surface area contributed by atoms with Crippen molar-refractivity contribution in [2.75, 3.05) is 19.6 Å². The maximum atomic E-state index is 14.3. The summed E-state index contributed by atoms with van der Waals surface area (Å²) in [6, 6.07) is -2.10. The van der Waals surface area contributed by atoms with Crippen LogP contribution in [0.1, 0.15) is 85.8 Å². The van der Waals surface area contributed by atoms with E-state index in [-0.39, 0.29) is 30.2 Å². The number of hydrogen-bond donors (Lipinski definition) is 3. The average Bonchev–Trinajstić information content (AvgIpc) is 3.55. The highest BCUT2D eigenvalue weighted by Gasteiger charge is 2.44. The van der Waals surface area contributed by atoms with E-state index in [1.807, 2.05) is 6.92 Å². The number of nitrogens with one attached hydrogen (secondary N) is 1. The summed E-state index contributed by atoms with van der Waals surface area (Å²) in [6.07, 6.45) is 9.65. The fourth-order valence-corrected chi connectivity index (χ4v) is 6.23. The zero-order chi connectivity index (χ0) is 26.9. The van der Waals surface area contributed by atoms with E-state index in [1.54, 1.807) is 22.9 Å². The highest BCUT2D eigenvalue weighted by molar-refractivity contribution is 7.13. The Labute approximate surface area is 223 Å². The fraction of sp³-hybridized carbons (Fsp3) is 0.731. The molecule has 2 fully saturated rings. The first-order chi connectivity index (χ1) is 17.7. The second-order valence-electron chi connectivity index (χ2n) is 10.2. The summed E-state index contributed by atoms with van der Waals surface area (Å²) >= 11 is 1.34. The Hall–Kier alpha value is -2.37. The molecule has 0 unspecified atom stereocenters. The van der Waals surface area contributed by atoms with Gasteiger partial charge in [0, 0.05) is 23.7 Å². The molecule has 1 aliphatic heterocycles. The van der Waals surface area contributed by atoms with E-state index in [0.29, 0.717) is 37.4 Å². The van der Waals surface area contributed by atoms with Gasteiger partial charge in [-0.2, -0.15) is 0 Å². The molecule has 1 aliphatic carbocycles. The van der Waals surface area contributed by atoms with Crippen molar-refractivity contribution in [1.29, 1.82) is 0 Å². The minimum Gasteiger partial charge on any atom is -0.480 e. The standard InChI is InChI=1S/C26H41N5O5S/c1-17-15-29-24(37-17)23(34)20(11-6-7-13-27)31(19-9-4-3-5-10-19)26(36)21-12-8-14-30(21)25(35)18(2)28-16-22(32)33/h15,18-21,28H,3-14,16,27H2,1-2H3,(H,32,33)/t18-,20-,21-/m0/s1. The Kier molecular flexibility index (Phi) is 11.0. The summed E-state index contributed by atoms with van der Waals surface area (Å²) in [6.45, 7) is 4.14. The van der Waals surface area contributed by atoms with Crippen LogP contribution in [0.5, 0.6) is 0 Å². The van der Waals surface area contributed by atoms with Crippen molar-refractivity contribution in [3.63, 3.8) is 0 Å². The topological polar surface area (TPSA) is 146 Å². The molecule has 1 aromatic heterocycles. The first-order valence-corrected chi connectivity index (χ1v) is 14.3. The third-order valence-corrected chi connectivity index (χ3v) is 8.30. The molecule has 0 radical (unpaired) electrons. The number of Topliss-reactive ketones (excluding diaryl/α,β-unsaturated/α-hetero) is 1. The molecule has 1 aromatic rings. The van der Waals surface area contributed by atoms with Crippen molar-refractivity contribution in [3.8, 4) is 0 Å². The quantitative estimate of drug-likeness (QED) is 0.258. The lowest BCUT2D eigenvalue weighted by Crippen LogP contribution is -2.58. The van der Waals surface area contributed by atoms with Gasteiger partial charge < -0.3 is 20.6 Å². The molecule has 1 saturated heterocycles. The van der Waals surface area contributed by atoms with Crippen LogP contribution in [0.25, 0.3) is 0 Å². The summed E-state index contributed by atoms with van der Waals surface area (Å²) < 4.78 is 0. The highest BCUT2D eigenvalue weighted by Crippen LogP contribution is 2.31. The van der Waals surface area contributed by atoms with Gasteiger partial charge in [-0.1, -0.05) is 19.3 Å². The number of amides is 2. The molecule has 11 heteroatoms. The number of ketones is 1. The van der Waals surface area contributed by atoms with Gasteiger partial charge in [0.2, 0.25) is 17.6 Å². The van der Waals surface area contributed by atoms with Crippen LogP contribution in [0.4, 0.5) is 0 Å². The van der Waals surface area contributed by atoms with Gasteiger partial charge in [-0.25, -0.2) is 4.98 Å². The highest BCUT2D eigenvalue weighted by atomic mass is 32.1. The smallest absolute Gasteiger partial charge is 0.317 e. The van der Waals surface area contributed by atoms with Gasteiger partial charge in [0.1, 0.15) is 6.04 Å². The number of aromatic nitrogens is 1. The fourth-order valence-electron chi connectivity index (χ4n) is 5.47. The second-order valence-corrected chi connectivity index (χ2v) is 11.4. The Bertz CT molecular complexity index is 948. The molecule has 0 spiro atoms. The van der Waals surface area contributed by atoms with Gasteiger partial charge in [0.25, 0.3) is 0 Å². The van der Waals surface area contributed by atoms with Crippen LogP contribution in [-0.4, -0.2) is 87.3 Å². The molecule has 206 valence electrons. The predicted octanol–water partition coefficient (Wildman–Crippen LogP) is 2.35. The number of unbranched alkanes of at least 4 members (excludes halogenated alkanes) is 1. The first-order valence-electron chi connectivity index (χ1n) is 13.5. The molecule has 2 aliphatic rings. The number of nitrogens with two attached hydrogens (primary N) is 1. The molecule has 1 saturated carbocycles. The zero-order valence-corrected chi connectivity index (χ0v) is 22.8. The molecule has 37 heavy (non-hydrogen) atoms. The van der Waals surface area contributed by atoms with E-state index in [2.05, 4.69) is 10.3 Å². The summed E-state index contributed by atoms with van der Waals surface area (Å²) in [5.74, 6) is -1.65. The Morgan fingerprint density at radius 3 is 2.54 bits per heavy atom. The number of nitrogens with zero attached hydrogens (tertiary/aromatic N) is 3. The average molecular weight is 536 g/mol. The van der Waals surface area contributed by atoms with Gasteiger partial charge in [-0.15, -0.1) is 11.3 Å². The molecule has 0 aromatic carbocycles. The molecule has 3 rings (SSSR count). The lowest BCUT2D eigenvalue weighted by Gasteiger charge is -2.42. The predicted molar refractivity (Wildman–Crippen MR) is 141 cm³/mol. The van der Waals surface area contributed by atoms with E-state index in [1.165, 1.54) is 11.3 Å². The van der Waals surface area contributed by atoms with E-state index in [9.17, 15) is 19.2 Å². The minimum atomic E-state index is -1.05. The van der Waals surface area contributed by atoms with Crippen LogP contribution in [0.2, 0.25) is 0 Å². The Morgan fingerprint density at radius 1 is 1.19 bits per heavy atom. The van der Waals surface area contributed by atoms with E-state index < -0.39 is 24.1 Å². The number of carboxylic acid groups (broad SMARTS) is 1. The monoisotopic (exact) mass is 535 g/mol. The second kappa shape index (κ2) is 14.0. The summed E-state index contributed by atoms with van der Waals surface area (Å²) in [5.41, 5.74) is 5.74.